The van der Waals surface area contributed by atoms with Gasteiger partial charge in [0, 0.05) is 18.2 Å². The minimum absolute atomic E-state index is 0.145. The fourth-order valence-electron chi connectivity index (χ4n) is 2.53. The van der Waals surface area contributed by atoms with E-state index < -0.39 is 0 Å². The third kappa shape index (κ3) is 5.01. The van der Waals surface area contributed by atoms with Crippen molar-refractivity contribution in [2.45, 2.75) is 13.5 Å². The Morgan fingerprint density at radius 1 is 1.15 bits per heavy atom. The quantitative estimate of drug-likeness (QED) is 0.467. The summed E-state index contributed by atoms with van der Waals surface area (Å²) in [5.74, 6) is 0.749. The molecule has 0 N–H and O–H groups in total. The van der Waals surface area contributed by atoms with E-state index in [1.807, 2.05) is 61.5 Å². The van der Waals surface area contributed by atoms with E-state index in [1.165, 1.54) is 6.08 Å². The number of rotatable bonds is 7. The van der Waals surface area contributed by atoms with Crippen molar-refractivity contribution in [3.63, 3.8) is 0 Å². The molecule has 0 saturated heterocycles. The normalized spacial score (nSPS) is 10.9. The molecule has 0 radical (unpaired) electrons. The molecule has 1 heterocycles. The number of hydrogen-bond acceptors (Lipinski definition) is 4. The van der Waals surface area contributed by atoms with Crippen LogP contribution in [-0.4, -0.2) is 27.5 Å². The second kappa shape index (κ2) is 8.76. The predicted molar refractivity (Wildman–Crippen MR) is 106 cm³/mol. The van der Waals surface area contributed by atoms with Crippen molar-refractivity contribution in [1.29, 1.82) is 0 Å². The first kappa shape index (κ1) is 18.3. The van der Waals surface area contributed by atoms with Crippen LogP contribution in [0.4, 0.5) is 0 Å². The van der Waals surface area contributed by atoms with Crippen molar-refractivity contribution in [2.24, 2.45) is 0 Å². The van der Waals surface area contributed by atoms with Gasteiger partial charge in [0.15, 0.2) is 0 Å². The lowest BCUT2D eigenvalue weighted by molar-refractivity contribution is -0.126. The number of carbonyl (C=O) groups excluding carboxylic acids is 1. The largest absolute Gasteiger partial charge is 0.337 e. The van der Waals surface area contributed by atoms with Gasteiger partial charge in [-0.2, -0.15) is 4.98 Å². The fourth-order valence-corrected chi connectivity index (χ4v) is 2.53. The highest BCUT2D eigenvalue weighted by molar-refractivity contribution is 5.91. The van der Waals surface area contributed by atoms with Gasteiger partial charge >= 0.3 is 0 Å². The molecule has 5 heteroatoms. The van der Waals surface area contributed by atoms with Gasteiger partial charge in [0.25, 0.3) is 0 Å². The maximum absolute atomic E-state index is 12.5. The Kier molecular flexibility index (Phi) is 5.94. The third-order valence-corrected chi connectivity index (χ3v) is 3.98. The van der Waals surface area contributed by atoms with Crippen LogP contribution in [0.3, 0.4) is 0 Å². The van der Waals surface area contributed by atoms with Gasteiger partial charge in [0.05, 0.1) is 0 Å². The molecule has 0 spiro atoms. The van der Waals surface area contributed by atoms with Crippen LogP contribution in [0.15, 0.2) is 77.9 Å². The van der Waals surface area contributed by atoms with Gasteiger partial charge in [-0.15, -0.1) is 6.58 Å². The van der Waals surface area contributed by atoms with Gasteiger partial charge in [-0.3, -0.25) is 4.79 Å². The molecule has 136 valence electrons. The molecule has 0 saturated carbocycles. The van der Waals surface area contributed by atoms with Crippen molar-refractivity contribution in [2.75, 3.05) is 6.54 Å². The zero-order valence-electron chi connectivity index (χ0n) is 15.2. The van der Waals surface area contributed by atoms with Crippen LogP contribution in [-0.2, 0) is 11.3 Å². The van der Waals surface area contributed by atoms with Crippen LogP contribution in [0.1, 0.15) is 17.0 Å². The Labute approximate surface area is 158 Å². The number of aromatic nitrogens is 2. The van der Waals surface area contributed by atoms with Crippen molar-refractivity contribution < 1.29 is 9.32 Å². The summed E-state index contributed by atoms with van der Waals surface area (Å²) in [5.41, 5.74) is 3.00. The molecule has 0 aliphatic carbocycles. The van der Waals surface area contributed by atoms with E-state index in [1.54, 1.807) is 17.1 Å². The predicted octanol–water partition coefficient (Wildman–Crippen LogP) is 4.27. The minimum atomic E-state index is -0.145. The highest BCUT2D eigenvalue weighted by Gasteiger charge is 2.15. The molecule has 0 unspecified atom stereocenters. The van der Waals surface area contributed by atoms with Gasteiger partial charge in [-0.25, -0.2) is 0 Å². The molecule has 0 bridgehead atoms. The lowest BCUT2D eigenvalue weighted by Gasteiger charge is -2.16. The molecule has 1 amide bonds. The lowest BCUT2D eigenvalue weighted by atomic mass is 10.1. The van der Waals surface area contributed by atoms with Crippen LogP contribution in [0.5, 0.6) is 0 Å². The van der Waals surface area contributed by atoms with Crippen LogP contribution < -0.4 is 0 Å². The lowest BCUT2D eigenvalue weighted by Crippen LogP contribution is -2.29. The summed E-state index contributed by atoms with van der Waals surface area (Å²) in [6.07, 6.45) is 4.99. The van der Waals surface area contributed by atoms with Crippen LogP contribution in [0.25, 0.3) is 17.5 Å². The molecular weight excluding hydrogens is 338 g/mol. The zero-order valence-corrected chi connectivity index (χ0v) is 15.2. The molecule has 3 aromatic rings. The molecule has 0 fully saturated rings. The number of benzene rings is 2. The first-order valence-corrected chi connectivity index (χ1v) is 8.68. The SMILES string of the molecule is C=CCN(Cc1nc(-c2ccc(C)cc2)no1)C(=O)C=Cc1ccccc1. The van der Waals surface area contributed by atoms with E-state index in [0.717, 1.165) is 16.7 Å². The Bertz CT molecular complexity index is 928. The van der Waals surface area contributed by atoms with Gasteiger partial charge in [-0.05, 0) is 18.6 Å². The maximum Gasteiger partial charge on any atom is 0.247 e. The number of amides is 1. The molecular formula is C22H21N3O2. The Morgan fingerprint density at radius 3 is 2.59 bits per heavy atom. The van der Waals surface area contributed by atoms with Gasteiger partial charge < -0.3 is 9.42 Å². The summed E-state index contributed by atoms with van der Waals surface area (Å²) in [7, 11) is 0. The van der Waals surface area contributed by atoms with Crippen LogP contribution in [0.2, 0.25) is 0 Å². The smallest absolute Gasteiger partial charge is 0.247 e. The third-order valence-electron chi connectivity index (χ3n) is 3.98. The van der Waals surface area contributed by atoms with E-state index >= 15 is 0 Å². The van der Waals surface area contributed by atoms with E-state index in [2.05, 4.69) is 16.7 Å². The summed E-state index contributed by atoms with van der Waals surface area (Å²) in [4.78, 5) is 18.5. The first-order valence-electron chi connectivity index (χ1n) is 8.68. The molecule has 0 aliphatic heterocycles. The summed E-state index contributed by atoms with van der Waals surface area (Å²) in [6.45, 7) is 6.35. The summed E-state index contributed by atoms with van der Waals surface area (Å²) < 4.78 is 5.33. The molecule has 0 aliphatic rings. The minimum Gasteiger partial charge on any atom is -0.337 e. The first-order chi connectivity index (χ1) is 13.2. The zero-order chi connectivity index (χ0) is 19.1. The van der Waals surface area contributed by atoms with Crippen molar-refractivity contribution in [1.82, 2.24) is 15.0 Å². The summed E-state index contributed by atoms with van der Waals surface area (Å²) in [6, 6.07) is 17.5. The average Bonchev–Trinajstić information content (AvgIpc) is 3.16. The molecule has 5 nitrogen and oxygen atoms in total. The summed E-state index contributed by atoms with van der Waals surface area (Å²) >= 11 is 0. The Hall–Kier alpha value is -3.47. The molecule has 27 heavy (non-hydrogen) atoms. The highest BCUT2D eigenvalue weighted by Crippen LogP contribution is 2.17. The van der Waals surface area contributed by atoms with E-state index in [-0.39, 0.29) is 12.5 Å². The number of carbonyl (C=O) groups is 1. The molecule has 3 rings (SSSR count). The van der Waals surface area contributed by atoms with Crippen molar-refractivity contribution >= 4 is 12.0 Å². The highest BCUT2D eigenvalue weighted by atomic mass is 16.5. The number of aryl methyl sites for hydroxylation is 1. The average molecular weight is 359 g/mol. The maximum atomic E-state index is 12.5. The topological polar surface area (TPSA) is 59.2 Å². The van der Waals surface area contributed by atoms with Gasteiger partial charge in [0.1, 0.15) is 6.54 Å². The number of nitrogens with zero attached hydrogens (tertiary/aromatic N) is 3. The van der Waals surface area contributed by atoms with E-state index in [4.69, 9.17) is 4.52 Å². The summed E-state index contributed by atoms with van der Waals surface area (Å²) in [5, 5.41) is 4.01. The second-order valence-corrected chi connectivity index (χ2v) is 6.13. The van der Waals surface area contributed by atoms with Crippen molar-refractivity contribution in [3.8, 4) is 11.4 Å². The van der Waals surface area contributed by atoms with Crippen LogP contribution >= 0.6 is 0 Å². The standard InChI is InChI=1S/C22H21N3O2/c1-3-15-25(21(26)14-11-18-7-5-4-6-8-18)16-20-23-22(24-27-20)19-12-9-17(2)10-13-19/h3-14H,1,15-16H2,2H3. The van der Waals surface area contributed by atoms with Gasteiger partial charge in [-0.1, -0.05) is 71.4 Å². The Balaban J connectivity index is 1.70. The molecule has 2 aromatic carbocycles. The van der Waals surface area contributed by atoms with Crippen LogP contribution in [0, 0.1) is 6.92 Å². The fraction of sp³-hybridized carbons (Fsp3) is 0.136. The monoisotopic (exact) mass is 359 g/mol. The van der Waals surface area contributed by atoms with Gasteiger partial charge in [0.2, 0.25) is 17.6 Å². The molecule has 0 atom stereocenters. The van der Waals surface area contributed by atoms with E-state index in [0.29, 0.717) is 18.3 Å². The van der Waals surface area contributed by atoms with Crippen molar-refractivity contribution in [3.05, 3.63) is 90.3 Å². The second-order valence-electron chi connectivity index (χ2n) is 6.13. The number of hydrogen-bond donors (Lipinski definition) is 0. The Morgan fingerprint density at radius 2 is 1.89 bits per heavy atom. The van der Waals surface area contributed by atoms with E-state index in [9.17, 15) is 4.79 Å². The molecule has 1 aromatic heterocycles.